The van der Waals surface area contributed by atoms with Crippen LogP contribution in [0.1, 0.15) is 58.7 Å². The van der Waals surface area contributed by atoms with Gasteiger partial charge in [0.25, 0.3) is 5.91 Å². The van der Waals surface area contributed by atoms with Crippen molar-refractivity contribution in [3.8, 4) is 11.3 Å². The molecule has 0 aliphatic heterocycles. The first-order chi connectivity index (χ1) is 14.6. The van der Waals surface area contributed by atoms with Crippen molar-refractivity contribution >= 4 is 28.2 Å². The molecule has 0 spiro atoms. The molecule has 3 aromatic rings. The zero-order chi connectivity index (χ0) is 21.3. The number of amides is 1. The third-order valence-corrected chi connectivity index (χ3v) is 5.41. The topological polar surface area (TPSA) is 94.3 Å². The number of hydrogen-bond acceptors (Lipinski definition) is 7. The first-order valence-electron chi connectivity index (χ1n) is 10.0. The number of carbonyl (C=O) groups excluding carboxylic acids is 2. The number of anilines is 1. The lowest BCUT2D eigenvalue weighted by atomic mass is 10.1. The predicted molar refractivity (Wildman–Crippen MR) is 116 cm³/mol. The summed E-state index contributed by atoms with van der Waals surface area (Å²) in [5, 5.41) is 3.16. The van der Waals surface area contributed by atoms with E-state index < -0.39 is 0 Å². The molecule has 30 heavy (non-hydrogen) atoms. The van der Waals surface area contributed by atoms with E-state index >= 15 is 0 Å². The van der Waals surface area contributed by atoms with Gasteiger partial charge in [0.15, 0.2) is 10.9 Å². The van der Waals surface area contributed by atoms with Crippen molar-refractivity contribution in [3.05, 3.63) is 53.1 Å². The van der Waals surface area contributed by atoms with Crippen molar-refractivity contribution in [2.75, 3.05) is 18.5 Å². The second-order valence-corrected chi connectivity index (χ2v) is 7.74. The minimum Gasteiger partial charge on any atom is -0.472 e. The smallest absolute Gasteiger partial charge is 0.259 e. The number of aromatic nitrogens is 2. The number of carbonyl (C=O) groups is 2. The van der Waals surface area contributed by atoms with Gasteiger partial charge >= 0.3 is 0 Å². The average molecular weight is 428 g/mol. The molecule has 3 aromatic heterocycles. The van der Waals surface area contributed by atoms with Crippen molar-refractivity contribution < 1.29 is 18.7 Å². The summed E-state index contributed by atoms with van der Waals surface area (Å²) in [5.74, 6) is -0.337. The standard InChI is InChI=1S/C22H25N3O4S/c1-3-8-28-9-5-6-18(26)20-19(16-7-10-29-14-16)24-22(30-20)25-21(27)17-11-15(4-2)12-23-13-17/h7,10-14H,3-6,8-9H2,1-2H3,(H,24,25,27). The fourth-order valence-corrected chi connectivity index (χ4v) is 3.78. The van der Waals surface area contributed by atoms with Gasteiger partial charge in [0.1, 0.15) is 4.88 Å². The molecule has 0 bridgehead atoms. The number of pyridine rings is 1. The summed E-state index contributed by atoms with van der Waals surface area (Å²) in [4.78, 5) is 34.5. The quantitative estimate of drug-likeness (QED) is 0.342. The summed E-state index contributed by atoms with van der Waals surface area (Å²) < 4.78 is 10.6. The van der Waals surface area contributed by atoms with E-state index in [-0.39, 0.29) is 11.7 Å². The van der Waals surface area contributed by atoms with Gasteiger partial charge in [-0.1, -0.05) is 25.2 Å². The highest BCUT2D eigenvalue weighted by atomic mass is 32.1. The zero-order valence-electron chi connectivity index (χ0n) is 17.1. The number of hydrogen-bond donors (Lipinski definition) is 1. The van der Waals surface area contributed by atoms with E-state index in [0.717, 1.165) is 18.4 Å². The van der Waals surface area contributed by atoms with Gasteiger partial charge in [0.2, 0.25) is 0 Å². The summed E-state index contributed by atoms with van der Waals surface area (Å²) in [6.07, 6.45) is 9.05. The van der Waals surface area contributed by atoms with Gasteiger partial charge in [0.05, 0.1) is 23.8 Å². The van der Waals surface area contributed by atoms with E-state index in [1.54, 1.807) is 18.3 Å². The Kier molecular flexibility index (Phi) is 7.87. The number of nitrogens with one attached hydrogen (secondary N) is 1. The van der Waals surface area contributed by atoms with Crippen LogP contribution in [0.2, 0.25) is 0 Å². The van der Waals surface area contributed by atoms with Crippen molar-refractivity contribution in [2.24, 2.45) is 0 Å². The van der Waals surface area contributed by atoms with Gasteiger partial charge in [0, 0.05) is 37.6 Å². The molecule has 0 saturated heterocycles. The SMILES string of the molecule is CCCOCCCC(=O)c1sc(NC(=O)c2cncc(CC)c2)nc1-c1ccoc1. The molecule has 3 rings (SSSR count). The number of rotatable bonds is 11. The van der Waals surface area contributed by atoms with Crippen LogP contribution < -0.4 is 5.32 Å². The summed E-state index contributed by atoms with van der Waals surface area (Å²) >= 11 is 1.17. The van der Waals surface area contributed by atoms with Crippen LogP contribution in [0.5, 0.6) is 0 Å². The monoisotopic (exact) mass is 427 g/mol. The molecule has 0 fully saturated rings. The van der Waals surface area contributed by atoms with Crippen molar-refractivity contribution in [1.29, 1.82) is 0 Å². The minimum absolute atomic E-state index is 0.0288. The minimum atomic E-state index is -0.308. The number of ether oxygens (including phenoxy) is 1. The highest BCUT2D eigenvalue weighted by Gasteiger charge is 2.21. The molecule has 7 nitrogen and oxygen atoms in total. The molecule has 0 aliphatic rings. The largest absolute Gasteiger partial charge is 0.472 e. The molecule has 1 amide bonds. The molecule has 0 aliphatic carbocycles. The normalized spacial score (nSPS) is 10.9. The average Bonchev–Trinajstić information content (AvgIpc) is 3.43. The van der Waals surface area contributed by atoms with Gasteiger partial charge < -0.3 is 9.15 Å². The fourth-order valence-electron chi connectivity index (χ4n) is 2.83. The van der Waals surface area contributed by atoms with E-state index in [9.17, 15) is 9.59 Å². The molecular formula is C22H25N3O4S. The number of furan rings is 1. The molecule has 0 atom stereocenters. The Hall–Kier alpha value is -2.84. The van der Waals surface area contributed by atoms with Gasteiger partial charge in [-0.05, 0) is 37.0 Å². The van der Waals surface area contributed by atoms with E-state index in [2.05, 4.69) is 15.3 Å². The Bertz CT molecular complexity index is 982. The predicted octanol–water partition coefficient (Wildman–Crippen LogP) is 5.00. The molecule has 158 valence electrons. The van der Waals surface area contributed by atoms with Crippen molar-refractivity contribution in [2.45, 2.75) is 39.5 Å². The molecule has 0 saturated carbocycles. The summed E-state index contributed by atoms with van der Waals surface area (Å²) in [7, 11) is 0. The van der Waals surface area contributed by atoms with Gasteiger partial charge in [-0.2, -0.15) is 0 Å². The van der Waals surface area contributed by atoms with Crippen LogP contribution in [-0.2, 0) is 11.2 Å². The molecule has 3 heterocycles. The second-order valence-electron chi connectivity index (χ2n) is 6.74. The van der Waals surface area contributed by atoms with Crippen molar-refractivity contribution in [3.63, 3.8) is 0 Å². The molecule has 8 heteroatoms. The molecule has 0 unspecified atom stereocenters. The Morgan fingerprint density at radius 3 is 2.83 bits per heavy atom. The highest BCUT2D eigenvalue weighted by Crippen LogP contribution is 2.33. The maximum absolute atomic E-state index is 12.8. The van der Waals surface area contributed by atoms with Crippen LogP contribution in [0.4, 0.5) is 5.13 Å². The lowest BCUT2D eigenvalue weighted by Gasteiger charge is -2.03. The first kappa shape index (κ1) is 21.9. The van der Waals surface area contributed by atoms with Crippen LogP contribution in [0.15, 0.2) is 41.5 Å². The van der Waals surface area contributed by atoms with Crippen LogP contribution in [0, 0.1) is 0 Å². The number of Topliss-reactive ketones (excluding diaryl/α,β-unsaturated/α-hetero) is 1. The Labute approximate surface area is 179 Å². The number of nitrogens with zero attached hydrogens (tertiary/aromatic N) is 2. The Morgan fingerprint density at radius 2 is 2.10 bits per heavy atom. The third kappa shape index (κ3) is 5.61. The van der Waals surface area contributed by atoms with Crippen LogP contribution in [0.25, 0.3) is 11.3 Å². The number of ketones is 1. The third-order valence-electron chi connectivity index (χ3n) is 4.40. The molecule has 0 radical (unpaired) electrons. The van der Waals surface area contributed by atoms with E-state index in [1.807, 2.05) is 13.8 Å². The molecular weight excluding hydrogens is 402 g/mol. The second kappa shape index (κ2) is 10.8. The molecule has 1 N–H and O–H groups in total. The lowest BCUT2D eigenvalue weighted by Crippen LogP contribution is -2.12. The van der Waals surface area contributed by atoms with E-state index in [4.69, 9.17) is 9.15 Å². The van der Waals surface area contributed by atoms with Gasteiger partial charge in [-0.3, -0.25) is 19.9 Å². The van der Waals surface area contributed by atoms with E-state index in [0.29, 0.717) is 52.9 Å². The number of thiazole rings is 1. The first-order valence-corrected chi connectivity index (χ1v) is 10.8. The van der Waals surface area contributed by atoms with Crippen LogP contribution in [0.3, 0.4) is 0 Å². The van der Waals surface area contributed by atoms with E-state index in [1.165, 1.54) is 30.1 Å². The maximum atomic E-state index is 12.8. The number of aryl methyl sites for hydroxylation is 1. The molecule has 0 aromatic carbocycles. The maximum Gasteiger partial charge on any atom is 0.259 e. The van der Waals surface area contributed by atoms with Crippen molar-refractivity contribution in [1.82, 2.24) is 9.97 Å². The summed E-state index contributed by atoms with van der Waals surface area (Å²) in [6.45, 7) is 5.29. The summed E-state index contributed by atoms with van der Waals surface area (Å²) in [6, 6.07) is 3.55. The lowest BCUT2D eigenvalue weighted by molar-refractivity contribution is 0.0941. The van der Waals surface area contributed by atoms with Gasteiger partial charge in [-0.25, -0.2) is 4.98 Å². The van der Waals surface area contributed by atoms with Gasteiger partial charge in [-0.15, -0.1) is 0 Å². The summed E-state index contributed by atoms with van der Waals surface area (Å²) in [5.41, 5.74) is 2.65. The van der Waals surface area contributed by atoms with Crippen LogP contribution >= 0.6 is 11.3 Å². The Balaban J connectivity index is 1.76. The zero-order valence-corrected chi connectivity index (χ0v) is 18.0. The fraction of sp³-hybridized carbons (Fsp3) is 0.364. The Morgan fingerprint density at radius 1 is 1.23 bits per heavy atom. The van der Waals surface area contributed by atoms with Crippen LogP contribution in [-0.4, -0.2) is 34.9 Å². The highest BCUT2D eigenvalue weighted by molar-refractivity contribution is 7.18.